The lowest BCUT2D eigenvalue weighted by Crippen LogP contribution is -2.38. The molecule has 2 rings (SSSR count). The molecule has 0 saturated carbocycles. The van der Waals surface area contributed by atoms with Crippen LogP contribution in [-0.2, 0) is 5.60 Å². The lowest BCUT2D eigenvalue weighted by molar-refractivity contribution is 0.0526. The second-order valence-electron chi connectivity index (χ2n) is 5.09. The Morgan fingerprint density at radius 1 is 1.23 bits per heavy atom. The van der Waals surface area contributed by atoms with E-state index in [1.54, 1.807) is 6.07 Å². The van der Waals surface area contributed by atoms with Crippen LogP contribution in [0.1, 0.15) is 22.8 Å². The van der Waals surface area contributed by atoms with Crippen LogP contribution in [0.25, 0.3) is 0 Å². The first-order valence-electron chi connectivity index (χ1n) is 6.51. The molecule has 1 unspecified atom stereocenters. The molecular weight excluding hydrogens is 328 g/mol. The Bertz CT molecular complexity index is 687. The number of nitrogens with one attached hydrogen (secondary N) is 1. The number of carbonyl (C=O) groups excluding carboxylic acids is 1. The van der Waals surface area contributed by atoms with Crippen molar-refractivity contribution < 1.29 is 14.3 Å². The van der Waals surface area contributed by atoms with Crippen LogP contribution < -0.4 is 5.32 Å². The number of aliphatic hydroxyl groups is 1. The molecule has 0 fully saturated rings. The maximum Gasteiger partial charge on any atom is 0.252 e. The standard InChI is InChI=1S/C16H14Cl2FNO2/c1-16(22,10-2-5-12(19)6-3-10)9-20-15(21)13-7-4-11(17)8-14(13)18/h2-8,22H,9H2,1H3,(H,20,21). The lowest BCUT2D eigenvalue weighted by Gasteiger charge is -2.24. The first-order valence-corrected chi connectivity index (χ1v) is 7.27. The van der Waals surface area contributed by atoms with Gasteiger partial charge in [-0.1, -0.05) is 35.3 Å². The molecule has 0 saturated heterocycles. The zero-order chi connectivity index (χ0) is 16.3. The molecule has 22 heavy (non-hydrogen) atoms. The predicted molar refractivity (Wildman–Crippen MR) is 84.8 cm³/mol. The van der Waals surface area contributed by atoms with Gasteiger partial charge in [0.05, 0.1) is 17.1 Å². The van der Waals surface area contributed by atoms with E-state index in [0.29, 0.717) is 10.6 Å². The zero-order valence-corrected chi connectivity index (χ0v) is 13.2. The maximum absolute atomic E-state index is 12.9. The van der Waals surface area contributed by atoms with Crippen molar-refractivity contribution in [1.29, 1.82) is 0 Å². The highest BCUT2D eigenvalue weighted by Crippen LogP contribution is 2.22. The number of rotatable bonds is 4. The minimum absolute atomic E-state index is 0.0452. The largest absolute Gasteiger partial charge is 0.384 e. The van der Waals surface area contributed by atoms with Gasteiger partial charge < -0.3 is 10.4 Å². The molecule has 2 N–H and O–H groups in total. The van der Waals surface area contributed by atoms with Crippen LogP contribution in [0.3, 0.4) is 0 Å². The van der Waals surface area contributed by atoms with Gasteiger partial charge in [-0.05, 0) is 42.8 Å². The average Bonchev–Trinajstić information content (AvgIpc) is 2.45. The quantitative estimate of drug-likeness (QED) is 0.889. The van der Waals surface area contributed by atoms with Crippen molar-refractivity contribution in [2.75, 3.05) is 6.54 Å². The SMILES string of the molecule is CC(O)(CNC(=O)c1ccc(Cl)cc1Cl)c1ccc(F)cc1. The first kappa shape index (κ1) is 16.7. The van der Waals surface area contributed by atoms with Gasteiger partial charge in [0.15, 0.2) is 0 Å². The van der Waals surface area contributed by atoms with Crippen molar-refractivity contribution in [2.45, 2.75) is 12.5 Å². The molecule has 116 valence electrons. The lowest BCUT2D eigenvalue weighted by atomic mass is 9.96. The van der Waals surface area contributed by atoms with Crippen LogP contribution in [-0.4, -0.2) is 17.6 Å². The fourth-order valence-electron chi connectivity index (χ4n) is 1.93. The third-order valence-corrected chi connectivity index (χ3v) is 3.78. The van der Waals surface area contributed by atoms with E-state index in [0.717, 1.165) is 0 Å². The van der Waals surface area contributed by atoms with E-state index >= 15 is 0 Å². The topological polar surface area (TPSA) is 49.3 Å². The molecule has 0 aliphatic carbocycles. The van der Waals surface area contributed by atoms with E-state index in [9.17, 15) is 14.3 Å². The van der Waals surface area contributed by atoms with Crippen LogP contribution in [0, 0.1) is 5.82 Å². The maximum atomic E-state index is 12.9. The monoisotopic (exact) mass is 341 g/mol. The molecule has 3 nitrogen and oxygen atoms in total. The van der Waals surface area contributed by atoms with Gasteiger partial charge in [-0.2, -0.15) is 0 Å². The summed E-state index contributed by atoms with van der Waals surface area (Å²) in [5, 5.41) is 13.7. The zero-order valence-electron chi connectivity index (χ0n) is 11.7. The van der Waals surface area contributed by atoms with E-state index in [4.69, 9.17) is 23.2 Å². The van der Waals surface area contributed by atoms with Crippen molar-refractivity contribution in [2.24, 2.45) is 0 Å². The molecule has 6 heteroatoms. The fourth-order valence-corrected chi connectivity index (χ4v) is 2.43. The third-order valence-electron chi connectivity index (χ3n) is 3.24. The van der Waals surface area contributed by atoms with E-state index in [-0.39, 0.29) is 17.1 Å². The summed E-state index contributed by atoms with van der Waals surface area (Å²) in [7, 11) is 0. The van der Waals surface area contributed by atoms with Gasteiger partial charge in [-0.25, -0.2) is 4.39 Å². The number of halogens is 3. The summed E-state index contributed by atoms with van der Waals surface area (Å²) in [5.74, 6) is -0.819. The predicted octanol–water partition coefficient (Wildman–Crippen LogP) is 3.77. The van der Waals surface area contributed by atoms with Crippen LogP contribution in [0.2, 0.25) is 10.0 Å². The highest BCUT2D eigenvalue weighted by atomic mass is 35.5. The van der Waals surface area contributed by atoms with Crippen molar-refractivity contribution >= 4 is 29.1 Å². The molecule has 0 spiro atoms. The molecule has 0 aliphatic rings. The van der Waals surface area contributed by atoms with Crippen LogP contribution in [0.4, 0.5) is 4.39 Å². The molecule has 0 heterocycles. The number of carbonyl (C=O) groups is 1. The molecule has 2 aromatic rings. The summed E-state index contributed by atoms with van der Waals surface area (Å²) in [4.78, 5) is 12.1. The Hall–Kier alpha value is -1.62. The van der Waals surface area contributed by atoms with Crippen molar-refractivity contribution in [3.8, 4) is 0 Å². The molecule has 1 amide bonds. The van der Waals surface area contributed by atoms with Gasteiger partial charge in [0.25, 0.3) is 5.91 Å². The van der Waals surface area contributed by atoms with Crippen molar-refractivity contribution in [3.05, 3.63) is 69.5 Å². The second kappa shape index (κ2) is 6.65. The van der Waals surface area contributed by atoms with Gasteiger partial charge in [0.2, 0.25) is 0 Å². The molecule has 1 atom stereocenters. The van der Waals surface area contributed by atoms with Crippen LogP contribution >= 0.6 is 23.2 Å². The van der Waals surface area contributed by atoms with E-state index < -0.39 is 17.3 Å². The minimum atomic E-state index is -1.33. The molecule has 0 radical (unpaired) electrons. The van der Waals surface area contributed by atoms with Gasteiger partial charge in [0, 0.05) is 5.02 Å². The Labute approximate surface area is 137 Å². The smallest absolute Gasteiger partial charge is 0.252 e. The fraction of sp³-hybridized carbons (Fsp3) is 0.188. The third kappa shape index (κ3) is 3.97. The minimum Gasteiger partial charge on any atom is -0.384 e. The number of hydrogen-bond donors (Lipinski definition) is 2. The molecule has 0 bridgehead atoms. The summed E-state index contributed by atoms with van der Waals surface area (Å²) in [6.07, 6.45) is 0. The summed E-state index contributed by atoms with van der Waals surface area (Å²) in [6.45, 7) is 1.49. The van der Waals surface area contributed by atoms with Crippen LogP contribution in [0.15, 0.2) is 42.5 Å². The summed E-state index contributed by atoms with van der Waals surface area (Å²) in [6, 6.07) is 9.97. The number of hydrogen-bond acceptors (Lipinski definition) is 2. The second-order valence-corrected chi connectivity index (χ2v) is 5.93. The summed E-state index contributed by atoms with van der Waals surface area (Å²) < 4.78 is 12.9. The van der Waals surface area contributed by atoms with Gasteiger partial charge in [0.1, 0.15) is 11.4 Å². The Morgan fingerprint density at radius 2 is 1.86 bits per heavy atom. The van der Waals surface area contributed by atoms with E-state index in [2.05, 4.69) is 5.32 Å². The van der Waals surface area contributed by atoms with E-state index in [1.165, 1.54) is 43.3 Å². The molecule has 0 aromatic heterocycles. The number of benzene rings is 2. The van der Waals surface area contributed by atoms with Crippen molar-refractivity contribution in [1.82, 2.24) is 5.32 Å². The number of amides is 1. The van der Waals surface area contributed by atoms with E-state index in [1.807, 2.05) is 0 Å². The van der Waals surface area contributed by atoms with Gasteiger partial charge in [-0.3, -0.25) is 4.79 Å². The highest BCUT2D eigenvalue weighted by Gasteiger charge is 2.24. The Balaban J connectivity index is 2.08. The van der Waals surface area contributed by atoms with Crippen LogP contribution in [0.5, 0.6) is 0 Å². The summed E-state index contributed by atoms with van der Waals surface area (Å²) in [5.41, 5.74) is -0.570. The normalized spacial score (nSPS) is 13.5. The first-order chi connectivity index (χ1) is 10.3. The Kier molecular flexibility index (Phi) is 5.06. The average molecular weight is 342 g/mol. The highest BCUT2D eigenvalue weighted by molar-refractivity contribution is 6.36. The van der Waals surface area contributed by atoms with Gasteiger partial charge >= 0.3 is 0 Å². The molecule has 2 aromatic carbocycles. The van der Waals surface area contributed by atoms with Crippen molar-refractivity contribution in [3.63, 3.8) is 0 Å². The molecule has 0 aliphatic heterocycles. The Morgan fingerprint density at radius 3 is 2.45 bits per heavy atom. The summed E-state index contributed by atoms with van der Waals surface area (Å²) >= 11 is 11.7. The van der Waals surface area contributed by atoms with Gasteiger partial charge in [-0.15, -0.1) is 0 Å². The molecular formula is C16H14Cl2FNO2.